The molecule has 0 amide bonds. The molecule has 6 nitrogen and oxygen atoms in total. The van der Waals surface area contributed by atoms with Gasteiger partial charge in [0, 0.05) is 29.1 Å². The van der Waals surface area contributed by atoms with Crippen LogP contribution in [-0.2, 0) is 6.54 Å². The number of hydrogen-bond donors (Lipinski definition) is 0. The first kappa shape index (κ1) is 16.1. The molecule has 3 rings (SSSR count). The van der Waals surface area contributed by atoms with E-state index >= 15 is 0 Å². The number of hydrogen-bond acceptors (Lipinski definition) is 5. The average molecular weight is 324 g/mol. The summed E-state index contributed by atoms with van der Waals surface area (Å²) in [7, 11) is 0. The van der Waals surface area contributed by atoms with Crippen molar-refractivity contribution < 1.29 is 4.52 Å². The van der Waals surface area contributed by atoms with E-state index in [0.717, 1.165) is 22.4 Å². The predicted molar refractivity (Wildman–Crippen MR) is 90.9 cm³/mol. The molecule has 0 fully saturated rings. The van der Waals surface area contributed by atoms with Crippen molar-refractivity contribution >= 4 is 0 Å². The lowest BCUT2D eigenvalue weighted by atomic mass is 10.1. The molecule has 0 unspecified atom stereocenters. The van der Waals surface area contributed by atoms with Crippen molar-refractivity contribution in [1.82, 2.24) is 19.9 Å². The molecule has 3 aromatic heterocycles. The van der Waals surface area contributed by atoms with Gasteiger partial charge in [0.2, 0.25) is 0 Å². The van der Waals surface area contributed by atoms with E-state index in [1.165, 1.54) is 4.68 Å². The Balaban J connectivity index is 1.98. The van der Waals surface area contributed by atoms with E-state index in [2.05, 4.69) is 15.2 Å². The molecule has 0 aliphatic heterocycles. The van der Waals surface area contributed by atoms with E-state index in [0.29, 0.717) is 18.0 Å². The Bertz CT molecular complexity index is 908. The van der Waals surface area contributed by atoms with Gasteiger partial charge in [-0.15, -0.1) is 0 Å². The van der Waals surface area contributed by atoms with Crippen molar-refractivity contribution in [3.05, 3.63) is 63.5 Å². The normalized spacial score (nSPS) is 11.2. The molecule has 0 aliphatic carbocycles. The molecule has 0 atom stereocenters. The molecule has 0 saturated carbocycles. The van der Waals surface area contributed by atoms with Crippen LogP contribution in [0.1, 0.15) is 42.3 Å². The molecule has 0 bridgehead atoms. The quantitative estimate of drug-likeness (QED) is 0.737. The lowest BCUT2D eigenvalue weighted by Crippen LogP contribution is -2.23. The fourth-order valence-electron chi connectivity index (χ4n) is 2.44. The van der Waals surface area contributed by atoms with Gasteiger partial charge in [0.15, 0.2) is 0 Å². The summed E-state index contributed by atoms with van der Waals surface area (Å²) in [6, 6.07) is 5.50. The Morgan fingerprint density at radius 1 is 1.21 bits per heavy atom. The zero-order valence-corrected chi connectivity index (χ0v) is 14.3. The van der Waals surface area contributed by atoms with Gasteiger partial charge >= 0.3 is 0 Å². The molecule has 0 radical (unpaired) electrons. The number of aromatic nitrogens is 4. The van der Waals surface area contributed by atoms with Gasteiger partial charge in [-0.1, -0.05) is 19.0 Å². The highest BCUT2D eigenvalue weighted by Gasteiger charge is 2.16. The molecule has 0 spiro atoms. The van der Waals surface area contributed by atoms with Gasteiger partial charge in [-0.25, -0.2) is 4.68 Å². The van der Waals surface area contributed by atoms with Crippen molar-refractivity contribution in [3.8, 4) is 11.3 Å². The third kappa shape index (κ3) is 3.13. The minimum absolute atomic E-state index is 0.130. The molecular formula is C18H20N4O2. The van der Waals surface area contributed by atoms with E-state index in [1.807, 2.05) is 39.8 Å². The maximum Gasteiger partial charge on any atom is 0.267 e. The van der Waals surface area contributed by atoms with E-state index in [1.54, 1.807) is 18.5 Å². The minimum Gasteiger partial charge on any atom is -0.361 e. The van der Waals surface area contributed by atoms with Crippen LogP contribution in [0, 0.1) is 13.8 Å². The molecule has 3 aromatic rings. The fraction of sp³-hybridized carbons (Fsp3) is 0.333. The summed E-state index contributed by atoms with van der Waals surface area (Å²) in [5.41, 5.74) is 4.13. The number of aryl methyl sites for hydroxylation is 2. The van der Waals surface area contributed by atoms with E-state index < -0.39 is 0 Å². The Labute approximate surface area is 140 Å². The van der Waals surface area contributed by atoms with Crippen molar-refractivity contribution in [3.63, 3.8) is 0 Å². The second-order valence-corrected chi connectivity index (χ2v) is 6.19. The van der Waals surface area contributed by atoms with Crippen LogP contribution >= 0.6 is 0 Å². The lowest BCUT2D eigenvalue weighted by molar-refractivity contribution is 0.397. The average Bonchev–Trinajstić information content (AvgIpc) is 2.91. The van der Waals surface area contributed by atoms with Crippen LogP contribution in [0.25, 0.3) is 11.3 Å². The molecule has 0 saturated heterocycles. The lowest BCUT2D eigenvalue weighted by Gasteiger charge is -2.08. The molecule has 24 heavy (non-hydrogen) atoms. The predicted octanol–water partition coefficient (Wildman–Crippen LogP) is 3.08. The molecule has 6 heteroatoms. The summed E-state index contributed by atoms with van der Waals surface area (Å²) in [4.78, 5) is 16.6. The maximum atomic E-state index is 12.3. The fourth-order valence-corrected chi connectivity index (χ4v) is 2.44. The first-order valence-corrected chi connectivity index (χ1v) is 7.91. The van der Waals surface area contributed by atoms with Crippen molar-refractivity contribution in [1.29, 1.82) is 0 Å². The van der Waals surface area contributed by atoms with Gasteiger partial charge in [-0.3, -0.25) is 9.78 Å². The Morgan fingerprint density at radius 3 is 2.62 bits per heavy atom. The van der Waals surface area contributed by atoms with Gasteiger partial charge in [-0.2, -0.15) is 5.10 Å². The highest BCUT2D eigenvalue weighted by atomic mass is 16.5. The van der Waals surface area contributed by atoms with E-state index in [4.69, 9.17) is 4.52 Å². The van der Waals surface area contributed by atoms with Gasteiger partial charge in [0.25, 0.3) is 5.56 Å². The molecule has 0 aliphatic rings. The van der Waals surface area contributed by atoms with Crippen molar-refractivity contribution in [2.75, 3.05) is 0 Å². The highest BCUT2D eigenvalue weighted by Crippen LogP contribution is 2.25. The highest BCUT2D eigenvalue weighted by molar-refractivity contribution is 5.62. The van der Waals surface area contributed by atoms with Crippen molar-refractivity contribution in [2.24, 2.45) is 0 Å². The van der Waals surface area contributed by atoms with Crippen LogP contribution in [0.3, 0.4) is 0 Å². The van der Waals surface area contributed by atoms with Crippen molar-refractivity contribution in [2.45, 2.75) is 40.2 Å². The van der Waals surface area contributed by atoms with Crippen LogP contribution in [0.5, 0.6) is 0 Å². The van der Waals surface area contributed by atoms with Crippen LogP contribution in [0.2, 0.25) is 0 Å². The monoisotopic (exact) mass is 324 g/mol. The van der Waals surface area contributed by atoms with Gasteiger partial charge < -0.3 is 4.52 Å². The second-order valence-electron chi connectivity index (χ2n) is 6.19. The Hall–Kier alpha value is -2.76. The van der Waals surface area contributed by atoms with Gasteiger partial charge in [0.1, 0.15) is 11.5 Å². The number of nitrogens with zero attached hydrogens (tertiary/aromatic N) is 4. The van der Waals surface area contributed by atoms with Crippen LogP contribution < -0.4 is 5.56 Å². The summed E-state index contributed by atoms with van der Waals surface area (Å²) in [5.74, 6) is 0.943. The number of rotatable bonds is 4. The molecule has 0 aromatic carbocycles. The van der Waals surface area contributed by atoms with E-state index in [-0.39, 0.29) is 11.5 Å². The third-order valence-corrected chi connectivity index (χ3v) is 4.03. The summed E-state index contributed by atoms with van der Waals surface area (Å²) < 4.78 is 6.76. The van der Waals surface area contributed by atoms with Gasteiger partial charge in [0.05, 0.1) is 12.7 Å². The summed E-state index contributed by atoms with van der Waals surface area (Å²) >= 11 is 0. The third-order valence-electron chi connectivity index (χ3n) is 4.03. The molecule has 124 valence electrons. The molecule has 0 N–H and O–H groups in total. The van der Waals surface area contributed by atoms with E-state index in [9.17, 15) is 4.79 Å². The number of pyridine rings is 1. The van der Waals surface area contributed by atoms with Crippen LogP contribution in [0.15, 0.2) is 39.9 Å². The summed E-state index contributed by atoms with van der Waals surface area (Å²) in [6.07, 6.45) is 3.50. The van der Waals surface area contributed by atoms with Gasteiger partial charge in [-0.05, 0) is 37.5 Å². The SMILES string of the molecule is Cc1ccc(-c2noc(C)c2Cn2ncc(C(C)C)cc2=O)cn1. The topological polar surface area (TPSA) is 73.8 Å². The summed E-state index contributed by atoms with van der Waals surface area (Å²) in [6.45, 7) is 8.15. The first-order valence-electron chi connectivity index (χ1n) is 7.91. The zero-order valence-electron chi connectivity index (χ0n) is 14.3. The summed E-state index contributed by atoms with van der Waals surface area (Å²) in [5, 5.41) is 8.41. The molecular weight excluding hydrogens is 304 g/mol. The Kier molecular flexibility index (Phi) is 4.29. The smallest absolute Gasteiger partial charge is 0.267 e. The first-order chi connectivity index (χ1) is 11.5. The van der Waals surface area contributed by atoms with Crippen LogP contribution in [-0.4, -0.2) is 19.9 Å². The largest absolute Gasteiger partial charge is 0.361 e. The minimum atomic E-state index is -0.130. The van der Waals surface area contributed by atoms with Crippen LogP contribution in [0.4, 0.5) is 0 Å². The second kappa shape index (κ2) is 6.39. The zero-order chi connectivity index (χ0) is 17.3. The molecule has 3 heterocycles. The Morgan fingerprint density at radius 2 is 2.00 bits per heavy atom. The maximum absolute atomic E-state index is 12.3. The standard InChI is InChI=1S/C18H20N4O2/c1-11(2)15-7-17(23)22(20-9-15)10-16-13(4)24-21-18(16)14-6-5-12(3)19-8-14/h5-9,11H,10H2,1-4H3.